The van der Waals surface area contributed by atoms with Crippen LogP contribution in [0.25, 0.3) is 5.76 Å². The molecule has 0 spiro atoms. The lowest BCUT2D eigenvalue weighted by molar-refractivity contribution is -0.132. The van der Waals surface area contributed by atoms with E-state index in [9.17, 15) is 14.7 Å². The maximum atomic E-state index is 13.4. The van der Waals surface area contributed by atoms with Gasteiger partial charge in [-0.15, -0.1) is 0 Å². The summed E-state index contributed by atoms with van der Waals surface area (Å²) in [5.74, 6) is -0.903. The van der Waals surface area contributed by atoms with E-state index in [1.165, 1.54) is 38.4 Å². The zero-order valence-corrected chi connectivity index (χ0v) is 20.4. The Morgan fingerprint density at radius 1 is 0.914 bits per heavy atom. The van der Waals surface area contributed by atoms with Crippen molar-refractivity contribution in [3.8, 4) is 17.2 Å². The fourth-order valence-corrected chi connectivity index (χ4v) is 4.45. The SMILES string of the molecule is COc1cccc(N2C(=O)C(=O)/C(=C(/O)c3cc(Cl)c(OC)cc3OC)C2c2cccc(C)c2)c1. The van der Waals surface area contributed by atoms with Gasteiger partial charge in [-0.2, -0.15) is 0 Å². The van der Waals surface area contributed by atoms with Crippen molar-refractivity contribution in [3.05, 3.63) is 87.9 Å². The molecule has 0 aliphatic carbocycles. The standard InChI is InChI=1S/C27H24ClNO6/c1-15-7-5-8-16(11-15)24-23(25(30)19-13-20(28)22(35-4)14-21(19)34-3)26(31)27(32)29(24)17-9-6-10-18(12-17)33-2/h5-14,24,30H,1-4H3/b25-23+. The van der Waals surface area contributed by atoms with Crippen LogP contribution in [0, 0.1) is 6.92 Å². The van der Waals surface area contributed by atoms with Crippen molar-refractivity contribution >= 4 is 34.7 Å². The summed E-state index contributed by atoms with van der Waals surface area (Å²) in [6.45, 7) is 1.91. The summed E-state index contributed by atoms with van der Waals surface area (Å²) in [6, 6.07) is 16.3. The molecular formula is C27H24ClNO6. The number of aliphatic hydroxyl groups is 1. The van der Waals surface area contributed by atoms with E-state index in [0.29, 0.717) is 22.7 Å². The third kappa shape index (κ3) is 4.31. The second-order valence-electron chi connectivity index (χ2n) is 7.97. The Labute approximate surface area is 208 Å². The fourth-order valence-electron chi connectivity index (χ4n) is 4.20. The van der Waals surface area contributed by atoms with Crippen LogP contribution >= 0.6 is 11.6 Å². The highest BCUT2D eigenvalue weighted by Gasteiger charge is 2.47. The largest absolute Gasteiger partial charge is 0.507 e. The van der Waals surface area contributed by atoms with E-state index in [1.807, 2.05) is 31.2 Å². The average Bonchev–Trinajstić information content (AvgIpc) is 3.13. The van der Waals surface area contributed by atoms with Gasteiger partial charge in [-0.25, -0.2) is 0 Å². The van der Waals surface area contributed by atoms with Gasteiger partial charge in [0.05, 0.1) is 43.5 Å². The number of aryl methyl sites for hydroxylation is 1. The van der Waals surface area contributed by atoms with Gasteiger partial charge in [-0.3, -0.25) is 14.5 Å². The van der Waals surface area contributed by atoms with Crippen LogP contribution in [0.3, 0.4) is 0 Å². The van der Waals surface area contributed by atoms with Crippen LogP contribution in [-0.2, 0) is 9.59 Å². The number of benzene rings is 3. The predicted molar refractivity (Wildman–Crippen MR) is 134 cm³/mol. The van der Waals surface area contributed by atoms with Gasteiger partial charge in [0.15, 0.2) is 0 Å². The van der Waals surface area contributed by atoms with Crippen LogP contribution in [0.5, 0.6) is 17.2 Å². The van der Waals surface area contributed by atoms with Crippen molar-refractivity contribution in [1.82, 2.24) is 0 Å². The second kappa shape index (κ2) is 9.72. The number of hydrogen-bond donors (Lipinski definition) is 1. The summed E-state index contributed by atoms with van der Waals surface area (Å²) in [4.78, 5) is 28.1. The molecule has 0 aromatic heterocycles. The minimum atomic E-state index is -0.896. The summed E-state index contributed by atoms with van der Waals surface area (Å²) in [5, 5.41) is 11.7. The fraction of sp³-hybridized carbons (Fsp3) is 0.185. The average molecular weight is 494 g/mol. The summed E-state index contributed by atoms with van der Waals surface area (Å²) < 4.78 is 16.0. The highest BCUT2D eigenvalue weighted by molar-refractivity contribution is 6.51. The summed E-state index contributed by atoms with van der Waals surface area (Å²) in [7, 11) is 4.40. The van der Waals surface area contributed by atoms with E-state index in [1.54, 1.807) is 24.3 Å². The normalized spacial score (nSPS) is 16.9. The van der Waals surface area contributed by atoms with Gasteiger partial charge in [0.1, 0.15) is 23.0 Å². The highest BCUT2D eigenvalue weighted by Crippen LogP contribution is 2.45. The van der Waals surface area contributed by atoms with Gasteiger partial charge in [0, 0.05) is 17.8 Å². The van der Waals surface area contributed by atoms with Crippen molar-refractivity contribution < 1.29 is 28.9 Å². The molecule has 1 atom stereocenters. The lowest BCUT2D eigenvalue weighted by atomic mass is 9.94. The molecule has 1 N–H and O–H groups in total. The van der Waals surface area contributed by atoms with Crippen molar-refractivity contribution in [2.75, 3.05) is 26.2 Å². The van der Waals surface area contributed by atoms with Crippen molar-refractivity contribution in [1.29, 1.82) is 0 Å². The molecule has 0 radical (unpaired) electrons. The summed E-state index contributed by atoms with van der Waals surface area (Å²) >= 11 is 6.32. The van der Waals surface area contributed by atoms with Crippen molar-refractivity contribution in [2.45, 2.75) is 13.0 Å². The summed E-state index contributed by atoms with van der Waals surface area (Å²) in [5.41, 5.74) is 2.13. The third-order valence-electron chi connectivity index (χ3n) is 5.86. The molecule has 7 nitrogen and oxygen atoms in total. The van der Waals surface area contributed by atoms with Crippen LogP contribution in [0.4, 0.5) is 5.69 Å². The van der Waals surface area contributed by atoms with Crippen molar-refractivity contribution in [2.24, 2.45) is 0 Å². The Morgan fingerprint density at radius 3 is 2.29 bits per heavy atom. The topological polar surface area (TPSA) is 85.3 Å². The molecule has 8 heteroatoms. The van der Waals surface area contributed by atoms with Crippen LogP contribution in [-0.4, -0.2) is 38.1 Å². The number of ketones is 1. The first-order valence-corrected chi connectivity index (χ1v) is 11.1. The van der Waals surface area contributed by atoms with Gasteiger partial charge in [-0.1, -0.05) is 47.5 Å². The van der Waals surface area contributed by atoms with Crippen LogP contribution in [0.1, 0.15) is 22.7 Å². The smallest absolute Gasteiger partial charge is 0.300 e. The van der Waals surface area contributed by atoms with Gasteiger partial charge in [-0.05, 0) is 30.7 Å². The van der Waals surface area contributed by atoms with Gasteiger partial charge >= 0.3 is 0 Å². The van der Waals surface area contributed by atoms with E-state index in [2.05, 4.69) is 0 Å². The van der Waals surface area contributed by atoms with E-state index in [4.69, 9.17) is 25.8 Å². The number of aliphatic hydroxyl groups excluding tert-OH is 1. The maximum absolute atomic E-state index is 13.4. The molecular weight excluding hydrogens is 470 g/mol. The molecule has 0 bridgehead atoms. The molecule has 1 saturated heterocycles. The Morgan fingerprint density at radius 2 is 1.63 bits per heavy atom. The number of nitrogens with zero attached hydrogens (tertiary/aromatic N) is 1. The van der Waals surface area contributed by atoms with Crippen molar-refractivity contribution in [3.63, 3.8) is 0 Å². The predicted octanol–water partition coefficient (Wildman–Crippen LogP) is 5.30. The Bertz CT molecular complexity index is 1350. The molecule has 180 valence electrons. The first kappa shape index (κ1) is 24.2. The molecule has 3 aromatic rings. The zero-order valence-electron chi connectivity index (χ0n) is 19.7. The highest BCUT2D eigenvalue weighted by atomic mass is 35.5. The van der Waals surface area contributed by atoms with Crippen LogP contribution in [0.2, 0.25) is 5.02 Å². The number of hydrogen-bond acceptors (Lipinski definition) is 6. The number of ether oxygens (including phenoxy) is 3. The number of amides is 1. The van der Waals surface area contributed by atoms with Gasteiger partial charge < -0.3 is 19.3 Å². The molecule has 1 aliphatic heterocycles. The van der Waals surface area contributed by atoms with Crippen LogP contribution in [0.15, 0.2) is 66.2 Å². The Kier molecular flexibility index (Phi) is 6.71. The molecule has 1 aliphatic rings. The number of carbonyl (C=O) groups excluding carboxylic acids is 2. The van der Waals surface area contributed by atoms with Gasteiger partial charge in [0.25, 0.3) is 11.7 Å². The monoisotopic (exact) mass is 493 g/mol. The van der Waals surface area contributed by atoms with E-state index < -0.39 is 23.5 Å². The molecule has 1 fully saturated rings. The number of carbonyl (C=O) groups is 2. The lowest BCUT2D eigenvalue weighted by Gasteiger charge is -2.26. The number of halogens is 1. The number of rotatable bonds is 6. The van der Waals surface area contributed by atoms with E-state index >= 15 is 0 Å². The number of anilines is 1. The van der Waals surface area contributed by atoms with Gasteiger partial charge in [0.2, 0.25) is 0 Å². The van der Waals surface area contributed by atoms with Crippen LogP contribution < -0.4 is 19.1 Å². The molecule has 1 unspecified atom stereocenters. The third-order valence-corrected chi connectivity index (χ3v) is 6.16. The quantitative estimate of drug-likeness (QED) is 0.285. The first-order chi connectivity index (χ1) is 16.8. The maximum Gasteiger partial charge on any atom is 0.300 e. The Hall–Kier alpha value is -3.97. The molecule has 3 aromatic carbocycles. The molecule has 1 amide bonds. The first-order valence-electron chi connectivity index (χ1n) is 10.7. The number of methoxy groups -OCH3 is 3. The second-order valence-corrected chi connectivity index (χ2v) is 8.38. The molecule has 1 heterocycles. The minimum Gasteiger partial charge on any atom is -0.507 e. The van der Waals surface area contributed by atoms with E-state index in [-0.39, 0.29) is 21.9 Å². The minimum absolute atomic E-state index is 0.0806. The molecule has 4 rings (SSSR count). The number of Topliss-reactive ketones (excluding diaryl/α,β-unsaturated/α-hetero) is 1. The Balaban J connectivity index is 2.00. The molecule has 35 heavy (non-hydrogen) atoms. The summed E-state index contributed by atoms with van der Waals surface area (Å²) in [6.07, 6.45) is 0. The van der Waals surface area contributed by atoms with E-state index in [0.717, 1.165) is 5.56 Å². The lowest BCUT2D eigenvalue weighted by Crippen LogP contribution is -2.29. The molecule has 0 saturated carbocycles. The zero-order chi connectivity index (χ0) is 25.3.